The van der Waals surface area contributed by atoms with Gasteiger partial charge in [0.1, 0.15) is 11.8 Å². The maximum atomic E-state index is 14.2. The zero-order valence-electron chi connectivity index (χ0n) is 30.0. The van der Waals surface area contributed by atoms with Gasteiger partial charge < -0.3 is 31.1 Å². The van der Waals surface area contributed by atoms with Crippen LogP contribution in [-0.4, -0.2) is 74.7 Å². The average Bonchev–Trinajstić information content (AvgIpc) is 3.40. The van der Waals surface area contributed by atoms with Crippen molar-refractivity contribution in [2.45, 2.75) is 91.8 Å². The number of hydrogen-bond donors (Lipinski definition) is 4. The number of rotatable bonds is 13. The number of aliphatic hydroxyl groups is 1. The SMILES string of the molecule is COc1c(CN2O[C@@H](CN)[C@@H]([C@H](C)O)[C@H]2C(=O)N[C@H]2C[C@H]3C[C@@H]([C@@H]2C)C3(C)C)cccc1-c1cc(CNCC(C)C)cc(N(C)C)c1. The third-order valence-corrected chi connectivity index (χ3v) is 11.4. The van der Waals surface area contributed by atoms with Crippen LogP contribution in [0.5, 0.6) is 5.75 Å². The van der Waals surface area contributed by atoms with Gasteiger partial charge in [0.15, 0.2) is 0 Å². The van der Waals surface area contributed by atoms with E-state index in [1.54, 1.807) is 19.1 Å². The summed E-state index contributed by atoms with van der Waals surface area (Å²) in [6, 6.07) is 12.2. The second kappa shape index (κ2) is 14.4. The molecule has 0 aromatic heterocycles. The lowest BCUT2D eigenvalue weighted by molar-refractivity contribution is -0.175. The summed E-state index contributed by atoms with van der Waals surface area (Å²) in [4.78, 5) is 22.7. The van der Waals surface area contributed by atoms with E-state index in [9.17, 15) is 9.90 Å². The van der Waals surface area contributed by atoms with Crippen LogP contribution >= 0.6 is 0 Å². The quantitative estimate of drug-likeness (QED) is 0.245. The molecule has 47 heavy (non-hydrogen) atoms. The molecule has 8 atom stereocenters. The molecular formula is C38H59N5O4. The first-order valence-corrected chi connectivity index (χ1v) is 17.6. The van der Waals surface area contributed by atoms with Crippen molar-refractivity contribution < 1.29 is 19.5 Å². The van der Waals surface area contributed by atoms with Crippen LogP contribution in [0.3, 0.4) is 0 Å². The Labute approximate surface area is 282 Å². The van der Waals surface area contributed by atoms with Crippen molar-refractivity contribution >= 4 is 11.6 Å². The maximum absolute atomic E-state index is 14.2. The van der Waals surface area contributed by atoms with Gasteiger partial charge >= 0.3 is 0 Å². The van der Waals surface area contributed by atoms with Crippen molar-refractivity contribution in [3.05, 3.63) is 47.5 Å². The number of benzene rings is 2. The number of fused-ring (bicyclic) bond motifs is 2. The van der Waals surface area contributed by atoms with Crippen molar-refractivity contribution in [2.24, 2.45) is 40.7 Å². The van der Waals surface area contributed by atoms with Gasteiger partial charge in [-0.05, 0) is 84.7 Å². The zero-order valence-corrected chi connectivity index (χ0v) is 30.0. The Balaban J connectivity index is 1.43. The van der Waals surface area contributed by atoms with E-state index >= 15 is 0 Å². The van der Waals surface area contributed by atoms with E-state index in [2.05, 4.69) is 88.5 Å². The maximum Gasteiger partial charge on any atom is 0.240 e. The molecular weight excluding hydrogens is 590 g/mol. The number of aliphatic hydroxyl groups excluding tert-OH is 1. The third kappa shape index (κ3) is 7.20. The summed E-state index contributed by atoms with van der Waals surface area (Å²) in [7, 11) is 5.80. The standard InChI is InChI=1S/C38H59N5O4/c1-22(2)19-40-20-25-13-27(15-29(14-25)42(7)8)30-12-10-11-26(36(30)46-9)21-43-35(34(24(4)44)33(18-39)47-43)37(45)41-32-17-28-16-31(23(32)3)38(28,5)6/h10-15,22-24,28,31-35,40,44H,16-21,39H2,1-9H3,(H,41,45)/t23-,24-,28+,31-,32-,33-,34+,35-/m0/s1. The van der Waals surface area contributed by atoms with Gasteiger partial charge in [-0.25, -0.2) is 0 Å². The van der Waals surface area contributed by atoms with Crippen molar-refractivity contribution in [3.63, 3.8) is 0 Å². The molecule has 3 aliphatic carbocycles. The van der Waals surface area contributed by atoms with Gasteiger partial charge in [0, 0.05) is 56.0 Å². The van der Waals surface area contributed by atoms with Crippen LogP contribution in [-0.2, 0) is 22.7 Å². The molecule has 5 N–H and O–H groups in total. The number of carbonyl (C=O) groups is 1. The number of para-hydroxylation sites is 1. The first-order valence-electron chi connectivity index (χ1n) is 17.6. The Morgan fingerprint density at radius 2 is 1.94 bits per heavy atom. The molecule has 2 bridgehead atoms. The minimum absolute atomic E-state index is 0.102. The summed E-state index contributed by atoms with van der Waals surface area (Å²) in [5.41, 5.74) is 11.7. The molecule has 0 spiro atoms. The summed E-state index contributed by atoms with van der Waals surface area (Å²) in [5.74, 6) is 2.37. The molecule has 9 heteroatoms. The van der Waals surface area contributed by atoms with E-state index in [0.717, 1.165) is 47.6 Å². The van der Waals surface area contributed by atoms with Crippen LogP contribution in [0.4, 0.5) is 5.69 Å². The fourth-order valence-corrected chi connectivity index (χ4v) is 8.57. The van der Waals surface area contributed by atoms with Crippen molar-refractivity contribution in [1.29, 1.82) is 0 Å². The number of hydrogen-bond acceptors (Lipinski definition) is 8. The van der Waals surface area contributed by atoms with E-state index in [0.29, 0.717) is 35.6 Å². The van der Waals surface area contributed by atoms with Gasteiger partial charge in [-0.15, -0.1) is 0 Å². The van der Waals surface area contributed by atoms with Gasteiger partial charge in [-0.3, -0.25) is 9.63 Å². The van der Waals surface area contributed by atoms with Crippen molar-refractivity contribution in [2.75, 3.05) is 39.2 Å². The average molecular weight is 650 g/mol. The molecule has 1 heterocycles. The lowest BCUT2D eigenvalue weighted by atomic mass is 9.45. The number of methoxy groups -OCH3 is 1. The number of nitrogens with two attached hydrogens (primary N) is 1. The summed E-state index contributed by atoms with van der Waals surface area (Å²) in [6.07, 6.45) is 0.980. The Kier molecular flexibility index (Phi) is 10.9. The molecule has 6 rings (SSSR count). The topological polar surface area (TPSA) is 112 Å². The number of amides is 1. The second-order valence-corrected chi connectivity index (χ2v) is 15.6. The molecule has 2 aromatic rings. The van der Waals surface area contributed by atoms with Gasteiger partial charge in [0.2, 0.25) is 5.91 Å². The molecule has 4 fully saturated rings. The molecule has 4 aliphatic rings. The molecule has 0 unspecified atom stereocenters. The predicted molar refractivity (Wildman–Crippen MR) is 189 cm³/mol. The van der Waals surface area contributed by atoms with E-state index in [1.807, 2.05) is 12.1 Å². The van der Waals surface area contributed by atoms with Crippen LogP contribution in [0, 0.1) is 35.0 Å². The highest BCUT2D eigenvalue weighted by Crippen LogP contribution is 2.61. The number of anilines is 1. The number of nitrogens with zero attached hydrogens (tertiary/aromatic N) is 2. The Morgan fingerprint density at radius 3 is 2.53 bits per heavy atom. The molecule has 0 radical (unpaired) electrons. The minimum Gasteiger partial charge on any atom is -0.496 e. The highest BCUT2D eigenvalue weighted by molar-refractivity contribution is 5.83. The molecule has 1 saturated heterocycles. The summed E-state index contributed by atoms with van der Waals surface area (Å²) in [5, 5.41) is 19.7. The van der Waals surface area contributed by atoms with Crippen LogP contribution in [0.25, 0.3) is 11.1 Å². The number of hydroxylamine groups is 2. The first-order chi connectivity index (χ1) is 22.3. The van der Waals surface area contributed by atoms with E-state index in [1.165, 1.54) is 12.0 Å². The molecule has 3 saturated carbocycles. The minimum atomic E-state index is -0.773. The van der Waals surface area contributed by atoms with E-state index in [-0.39, 0.29) is 18.5 Å². The largest absolute Gasteiger partial charge is 0.496 e. The molecule has 1 amide bonds. The van der Waals surface area contributed by atoms with Crippen molar-refractivity contribution in [3.8, 4) is 16.9 Å². The highest BCUT2D eigenvalue weighted by Gasteiger charge is 2.57. The normalized spacial score (nSPS) is 29.0. The Bertz CT molecular complexity index is 1390. The smallest absolute Gasteiger partial charge is 0.240 e. The van der Waals surface area contributed by atoms with Gasteiger partial charge in [-0.1, -0.05) is 52.8 Å². The van der Waals surface area contributed by atoms with Gasteiger partial charge in [0.05, 0.1) is 25.9 Å². The zero-order chi connectivity index (χ0) is 34.2. The number of ether oxygens (including phenoxy) is 1. The summed E-state index contributed by atoms with van der Waals surface area (Å²) < 4.78 is 6.10. The number of carbonyl (C=O) groups excluding carboxylic acids is 1. The molecule has 9 nitrogen and oxygen atoms in total. The third-order valence-electron chi connectivity index (χ3n) is 11.4. The lowest BCUT2D eigenvalue weighted by Crippen LogP contribution is -2.62. The summed E-state index contributed by atoms with van der Waals surface area (Å²) >= 11 is 0. The Hall–Kier alpha value is -2.69. The van der Waals surface area contributed by atoms with Crippen LogP contribution < -0.4 is 26.0 Å². The monoisotopic (exact) mass is 649 g/mol. The summed E-state index contributed by atoms with van der Waals surface area (Å²) in [6.45, 7) is 15.4. The van der Waals surface area contributed by atoms with Gasteiger partial charge in [-0.2, -0.15) is 5.06 Å². The van der Waals surface area contributed by atoms with E-state index < -0.39 is 24.2 Å². The number of nitrogens with one attached hydrogen (secondary N) is 2. The molecule has 260 valence electrons. The van der Waals surface area contributed by atoms with Crippen LogP contribution in [0.15, 0.2) is 36.4 Å². The first kappa shape index (κ1) is 35.6. The van der Waals surface area contributed by atoms with E-state index in [4.69, 9.17) is 15.3 Å². The predicted octanol–water partition coefficient (Wildman–Crippen LogP) is 4.80. The fourth-order valence-electron chi connectivity index (χ4n) is 8.57. The molecule has 2 aromatic carbocycles. The van der Waals surface area contributed by atoms with Crippen LogP contribution in [0.1, 0.15) is 65.5 Å². The lowest BCUT2D eigenvalue weighted by Gasteiger charge is -2.62. The fraction of sp³-hybridized carbons (Fsp3) is 0.658. The van der Waals surface area contributed by atoms with Crippen molar-refractivity contribution in [1.82, 2.24) is 15.7 Å². The Morgan fingerprint density at radius 1 is 1.19 bits per heavy atom. The van der Waals surface area contributed by atoms with Crippen LogP contribution in [0.2, 0.25) is 0 Å². The second-order valence-electron chi connectivity index (χ2n) is 15.6. The highest BCUT2D eigenvalue weighted by atomic mass is 16.7. The molecule has 1 aliphatic heterocycles. The van der Waals surface area contributed by atoms with Gasteiger partial charge in [0.25, 0.3) is 0 Å².